The van der Waals surface area contributed by atoms with E-state index >= 15 is 0 Å². The van der Waals surface area contributed by atoms with E-state index in [-0.39, 0.29) is 5.78 Å². The zero-order chi connectivity index (χ0) is 19.4. The molecule has 0 unspecified atom stereocenters. The highest BCUT2D eigenvalue weighted by molar-refractivity contribution is 6.08. The molecular weight excluding hydrogens is 356 g/mol. The van der Waals surface area contributed by atoms with Crippen LogP contribution in [0.4, 0.5) is 0 Å². The molecule has 138 valence electrons. The van der Waals surface area contributed by atoms with Gasteiger partial charge in [-0.1, -0.05) is 72.8 Å². The lowest BCUT2D eigenvalue weighted by molar-refractivity contribution is 0.0973. The van der Waals surface area contributed by atoms with E-state index in [0.29, 0.717) is 13.0 Å². The van der Waals surface area contributed by atoms with Crippen molar-refractivity contribution in [3.63, 3.8) is 0 Å². The number of benzene rings is 4. The fourth-order valence-electron chi connectivity index (χ4n) is 4.47. The molecule has 0 N–H and O–H groups in total. The first-order valence-electron chi connectivity index (χ1n) is 9.91. The Bertz CT molecular complexity index is 1410. The molecule has 29 heavy (non-hydrogen) atoms. The van der Waals surface area contributed by atoms with Crippen molar-refractivity contribution in [2.75, 3.05) is 0 Å². The average molecular weight is 374 g/mol. The normalized spacial score (nSPS) is 13.3. The molecule has 0 aliphatic carbocycles. The SMILES string of the molecule is O=C1CCn2c(-c3ccc(-c4cccc5ccccc45)cc3)nc3cccc1c32. The first-order chi connectivity index (χ1) is 14.3. The van der Waals surface area contributed by atoms with Crippen molar-refractivity contribution in [1.29, 1.82) is 0 Å². The molecule has 0 amide bonds. The molecule has 0 radical (unpaired) electrons. The molecular formula is C26H18N2O. The molecule has 0 atom stereocenters. The Morgan fingerprint density at radius 3 is 2.34 bits per heavy atom. The minimum atomic E-state index is 0.209. The number of fused-ring (bicyclic) bond motifs is 1. The smallest absolute Gasteiger partial charge is 0.166 e. The van der Waals surface area contributed by atoms with E-state index in [2.05, 4.69) is 71.3 Å². The van der Waals surface area contributed by atoms with Crippen LogP contribution in [-0.2, 0) is 6.54 Å². The van der Waals surface area contributed by atoms with Crippen LogP contribution in [0.1, 0.15) is 16.8 Å². The van der Waals surface area contributed by atoms with Crippen molar-refractivity contribution >= 4 is 27.6 Å². The van der Waals surface area contributed by atoms with E-state index in [4.69, 9.17) is 4.98 Å². The first-order valence-corrected chi connectivity index (χ1v) is 9.91. The Kier molecular flexibility index (Phi) is 3.44. The lowest BCUT2D eigenvalue weighted by atomic mass is 9.97. The maximum absolute atomic E-state index is 12.3. The topological polar surface area (TPSA) is 34.9 Å². The van der Waals surface area contributed by atoms with Crippen molar-refractivity contribution < 1.29 is 4.79 Å². The summed E-state index contributed by atoms with van der Waals surface area (Å²) >= 11 is 0. The van der Waals surface area contributed by atoms with Crippen LogP contribution in [0.5, 0.6) is 0 Å². The Morgan fingerprint density at radius 2 is 1.45 bits per heavy atom. The quantitative estimate of drug-likeness (QED) is 0.374. The highest BCUT2D eigenvalue weighted by Crippen LogP contribution is 2.33. The predicted molar refractivity (Wildman–Crippen MR) is 117 cm³/mol. The number of carbonyl (C=O) groups excluding carboxylic acids is 1. The van der Waals surface area contributed by atoms with Crippen LogP contribution in [0, 0.1) is 0 Å². The molecule has 1 aromatic heterocycles. The number of nitrogens with zero attached hydrogens (tertiary/aromatic N) is 2. The number of carbonyl (C=O) groups is 1. The summed E-state index contributed by atoms with van der Waals surface area (Å²) in [6.07, 6.45) is 0.531. The minimum Gasteiger partial charge on any atom is -0.323 e. The van der Waals surface area contributed by atoms with Crippen LogP contribution in [0.2, 0.25) is 0 Å². The lowest BCUT2D eigenvalue weighted by Gasteiger charge is -2.16. The molecule has 1 aliphatic rings. The third-order valence-electron chi connectivity index (χ3n) is 5.87. The number of hydrogen-bond donors (Lipinski definition) is 0. The van der Waals surface area contributed by atoms with Crippen molar-refractivity contribution in [2.45, 2.75) is 13.0 Å². The van der Waals surface area contributed by atoms with Gasteiger partial charge in [0.2, 0.25) is 0 Å². The van der Waals surface area contributed by atoms with Crippen LogP contribution < -0.4 is 0 Å². The average Bonchev–Trinajstić information content (AvgIpc) is 3.16. The van der Waals surface area contributed by atoms with Crippen LogP contribution in [0.25, 0.3) is 44.3 Å². The zero-order valence-corrected chi connectivity index (χ0v) is 15.8. The summed E-state index contributed by atoms with van der Waals surface area (Å²) in [5, 5.41) is 2.50. The monoisotopic (exact) mass is 374 g/mol. The fourth-order valence-corrected chi connectivity index (χ4v) is 4.47. The van der Waals surface area contributed by atoms with Crippen molar-refractivity contribution in [2.24, 2.45) is 0 Å². The summed E-state index contributed by atoms with van der Waals surface area (Å²) in [5.74, 6) is 1.14. The summed E-state index contributed by atoms with van der Waals surface area (Å²) in [7, 11) is 0. The van der Waals surface area contributed by atoms with Crippen molar-refractivity contribution in [1.82, 2.24) is 9.55 Å². The third-order valence-corrected chi connectivity index (χ3v) is 5.87. The second-order valence-electron chi connectivity index (χ2n) is 7.54. The van der Waals surface area contributed by atoms with Gasteiger partial charge in [-0.25, -0.2) is 4.98 Å². The van der Waals surface area contributed by atoms with Gasteiger partial charge in [0, 0.05) is 24.1 Å². The number of rotatable bonds is 2. The molecule has 3 nitrogen and oxygen atoms in total. The van der Waals surface area contributed by atoms with E-state index in [1.165, 1.54) is 21.9 Å². The summed E-state index contributed by atoms with van der Waals surface area (Å²) in [6, 6.07) is 29.3. The Balaban J connectivity index is 1.48. The number of Topliss-reactive ketones (excluding diaryl/α,β-unsaturated/α-hetero) is 1. The fraction of sp³-hybridized carbons (Fsp3) is 0.0769. The molecule has 0 saturated carbocycles. The number of aromatic nitrogens is 2. The van der Waals surface area contributed by atoms with Gasteiger partial charge < -0.3 is 4.57 Å². The summed E-state index contributed by atoms with van der Waals surface area (Å²) in [4.78, 5) is 17.1. The maximum Gasteiger partial charge on any atom is 0.166 e. The van der Waals surface area contributed by atoms with E-state index in [0.717, 1.165) is 28.0 Å². The summed E-state index contributed by atoms with van der Waals surface area (Å²) in [5.41, 5.74) is 6.15. The van der Waals surface area contributed by atoms with Gasteiger partial charge in [-0.05, 0) is 34.0 Å². The molecule has 2 heterocycles. The largest absolute Gasteiger partial charge is 0.323 e. The van der Waals surface area contributed by atoms with Crippen molar-refractivity contribution in [3.05, 3.63) is 90.5 Å². The van der Waals surface area contributed by atoms with E-state index in [1.807, 2.05) is 18.2 Å². The molecule has 1 aliphatic heterocycles. The molecule has 3 heteroatoms. The van der Waals surface area contributed by atoms with Crippen molar-refractivity contribution in [3.8, 4) is 22.5 Å². The van der Waals surface area contributed by atoms with Gasteiger partial charge in [0.25, 0.3) is 0 Å². The summed E-state index contributed by atoms with van der Waals surface area (Å²) in [6.45, 7) is 0.687. The zero-order valence-electron chi connectivity index (χ0n) is 15.8. The lowest BCUT2D eigenvalue weighted by Crippen LogP contribution is -2.14. The first kappa shape index (κ1) is 16.3. The Labute approximate surface area is 168 Å². The number of imidazole rings is 1. The van der Waals surface area contributed by atoms with E-state index in [9.17, 15) is 4.79 Å². The molecule has 0 spiro atoms. The van der Waals surface area contributed by atoms with Gasteiger partial charge in [0.15, 0.2) is 5.78 Å². The Hall–Kier alpha value is -3.72. The van der Waals surface area contributed by atoms with Gasteiger partial charge in [-0.3, -0.25) is 4.79 Å². The molecule has 0 fully saturated rings. The van der Waals surface area contributed by atoms with Gasteiger partial charge in [0.1, 0.15) is 5.82 Å². The minimum absolute atomic E-state index is 0.209. The highest BCUT2D eigenvalue weighted by atomic mass is 16.1. The van der Waals surface area contributed by atoms with Crippen LogP contribution in [0.15, 0.2) is 84.9 Å². The number of para-hydroxylation sites is 1. The van der Waals surface area contributed by atoms with E-state index in [1.54, 1.807) is 0 Å². The highest BCUT2D eigenvalue weighted by Gasteiger charge is 2.23. The maximum atomic E-state index is 12.3. The number of hydrogen-bond acceptors (Lipinski definition) is 2. The van der Waals surface area contributed by atoms with Gasteiger partial charge >= 0.3 is 0 Å². The predicted octanol–water partition coefficient (Wildman–Crippen LogP) is 6.11. The van der Waals surface area contributed by atoms with Gasteiger partial charge in [-0.15, -0.1) is 0 Å². The molecule has 4 aromatic carbocycles. The second-order valence-corrected chi connectivity index (χ2v) is 7.54. The second kappa shape index (κ2) is 6.14. The molecule has 0 saturated heterocycles. The molecule has 6 rings (SSSR count). The molecule has 0 bridgehead atoms. The Morgan fingerprint density at radius 1 is 0.724 bits per heavy atom. The van der Waals surface area contributed by atoms with Gasteiger partial charge in [0.05, 0.1) is 11.0 Å². The summed E-state index contributed by atoms with van der Waals surface area (Å²) < 4.78 is 2.19. The van der Waals surface area contributed by atoms with Crippen LogP contribution in [-0.4, -0.2) is 15.3 Å². The van der Waals surface area contributed by atoms with Gasteiger partial charge in [-0.2, -0.15) is 0 Å². The molecule has 5 aromatic rings. The standard InChI is InChI=1S/C26H18N2O/c29-24-15-16-28-25-22(24)9-4-10-23(25)27-26(28)19-13-11-18(12-14-19)21-8-3-6-17-5-1-2-7-20(17)21/h1-14H,15-16H2. The van der Waals surface area contributed by atoms with Crippen LogP contribution >= 0.6 is 0 Å². The third kappa shape index (κ3) is 2.44. The van der Waals surface area contributed by atoms with E-state index < -0.39 is 0 Å². The number of ketones is 1. The number of aryl methyl sites for hydroxylation is 1. The van der Waals surface area contributed by atoms with Crippen LogP contribution in [0.3, 0.4) is 0 Å².